The Bertz CT molecular complexity index is 398. The summed E-state index contributed by atoms with van der Waals surface area (Å²) in [6.45, 7) is 4.78. The number of aliphatic hydroxyl groups is 1. The van der Waals surface area contributed by atoms with E-state index in [9.17, 15) is 9.28 Å². The number of ether oxygens (including phenoxy) is 1. The zero-order valence-electron chi connectivity index (χ0n) is 10.8. The number of carbonyl (C=O) groups is 1. The van der Waals surface area contributed by atoms with Gasteiger partial charge in [0, 0.05) is 0 Å². The van der Waals surface area contributed by atoms with Crippen molar-refractivity contribution in [1.82, 2.24) is 5.12 Å². The zero-order valence-corrected chi connectivity index (χ0v) is 10.8. The zero-order chi connectivity index (χ0) is 13.8. The number of benzene rings is 1. The Hall–Kier alpha value is -1.62. The molecule has 1 aromatic carbocycles. The number of nitrogens with zero attached hydrogens (tertiary/aromatic N) is 1. The van der Waals surface area contributed by atoms with Gasteiger partial charge in [-0.05, 0) is 31.9 Å². The van der Waals surface area contributed by atoms with E-state index in [0.29, 0.717) is 5.56 Å². The van der Waals surface area contributed by atoms with Crippen molar-refractivity contribution >= 4 is 6.09 Å². The van der Waals surface area contributed by atoms with Gasteiger partial charge < -0.3 is 9.84 Å². The monoisotopic (exact) mass is 255 g/mol. The molecule has 0 aliphatic heterocycles. The van der Waals surface area contributed by atoms with E-state index in [4.69, 9.17) is 9.84 Å². The molecule has 1 rings (SSSR count). The minimum absolute atomic E-state index is 0.0270. The van der Waals surface area contributed by atoms with Crippen LogP contribution in [0.3, 0.4) is 0 Å². The molecule has 1 amide bonds. The lowest BCUT2D eigenvalue weighted by molar-refractivity contribution is -0.0350. The topological polar surface area (TPSA) is 49.8 Å². The van der Waals surface area contributed by atoms with E-state index in [1.807, 2.05) is 0 Å². The van der Waals surface area contributed by atoms with Crippen molar-refractivity contribution in [2.45, 2.75) is 39.5 Å². The van der Waals surface area contributed by atoms with Crippen LogP contribution in [-0.2, 0) is 17.9 Å². The molecule has 18 heavy (non-hydrogen) atoms. The Balaban J connectivity index is 2.58. The fraction of sp³-hybridized carbons (Fsp3) is 0.462. The molecule has 0 radical (unpaired) electrons. The van der Waals surface area contributed by atoms with Crippen molar-refractivity contribution in [2.75, 3.05) is 0 Å². The Labute approximate surface area is 106 Å². The van der Waals surface area contributed by atoms with Crippen LogP contribution >= 0.6 is 0 Å². The summed E-state index contributed by atoms with van der Waals surface area (Å²) in [4.78, 5) is 11.4. The number of amides is 1. The summed E-state index contributed by atoms with van der Waals surface area (Å²) < 4.78 is 18.4. The molecule has 4 nitrogen and oxygen atoms in total. The second kappa shape index (κ2) is 5.82. The van der Waals surface area contributed by atoms with Crippen molar-refractivity contribution in [3.63, 3.8) is 0 Å². The van der Waals surface area contributed by atoms with Gasteiger partial charge in [-0.1, -0.05) is 28.7 Å². The first-order valence-electron chi connectivity index (χ1n) is 5.67. The Kier molecular flexibility index (Phi) is 4.67. The number of hydrogen-bond acceptors (Lipinski definition) is 3. The first-order chi connectivity index (χ1) is 8.31. The molecule has 0 saturated heterocycles. The Morgan fingerprint density at radius 2 is 1.78 bits per heavy atom. The van der Waals surface area contributed by atoms with Crippen LogP contribution in [0.2, 0.25) is 0 Å². The van der Waals surface area contributed by atoms with Crippen LogP contribution < -0.4 is 0 Å². The van der Waals surface area contributed by atoms with E-state index in [1.54, 1.807) is 45.0 Å². The van der Waals surface area contributed by atoms with Crippen molar-refractivity contribution in [3.05, 3.63) is 35.4 Å². The van der Waals surface area contributed by atoms with E-state index < -0.39 is 11.7 Å². The molecule has 0 unspecified atom stereocenters. The molecule has 0 spiro atoms. The third kappa shape index (κ3) is 4.71. The Morgan fingerprint density at radius 3 is 2.22 bits per heavy atom. The highest BCUT2D eigenvalue weighted by Gasteiger charge is 2.22. The maximum atomic E-state index is 13.5. The van der Waals surface area contributed by atoms with Crippen LogP contribution in [0.25, 0.3) is 0 Å². The number of halogens is 1. The highest BCUT2D eigenvalue weighted by atomic mass is 19.2. The van der Waals surface area contributed by atoms with Crippen LogP contribution in [0.4, 0.5) is 9.28 Å². The predicted molar refractivity (Wildman–Crippen MR) is 65.2 cm³/mol. The summed E-state index contributed by atoms with van der Waals surface area (Å²) in [5, 5.41) is 8.89. The molecule has 5 heteroatoms. The van der Waals surface area contributed by atoms with Crippen LogP contribution in [0.1, 0.15) is 31.9 Å². The largest absolute Gasteiger partial charge is 0.442 e. The van der Waals surface area contributed by atoms with Gasteiger partial charge in [0.15, 0.2) is 0 Å². The van der Waals surface area contributed by atoms with Crippen LogP contribution in [0, 0.1) is 0 Å². The van der Waals surface area contributed by atoms with E-state index in [0.717, 1.165) is 5.56 Å². The maximum Gasteiger partial charge on any atom is 0.438 e. The van der Waals surface area contributed by atoms with Gasteiger partial charge in [-0.25, -0.2) is 4.79 Å². The molecule has 1 N–H and O–H groups in total. The second-order valence-electron chi connectivity index (χ2n) is 4.98. The molecule has 0 aliphatic carbocycles. The molecule has 1 aromatic rings. The van der Waals surface area contributed by atoms with E-state index in [2.05, 4.69) is 0 Å². The van der Waals surface area contributed by atoms with E-state index >= 15 is 0 Å². The average Bonchev–Trinajstić information content (AvgIpc) is 2.27. The first-order valence-corrected chi connectivity index (χ1v) is 5.67. The molecule has 0 fully saturated rings. The summed E-state index contributed by atoms with van der Waals surface area (Å²) in [5.41, 5.74) is 0.643. The van der Waals surface area contributed by atoms with E-state index in [1.165, 1.54) is 0 Å². The molecular weight excluding hydrogens is 237 g/mol. The second-order valence-corrected chi connectivity index (χ2v) is 4.98. The maximum absolute atomic E-state index is 13.5. The molecule has 0 saturated carbocycles. The number of hydrogen-bond donors (Lipinski definition) is 1. The van der Waals surface area contributed by atoms with Gasteiger partial charge in [0.1, 0.15) is 5.60 Å². The third-order valence-corrected chi connectivity index (χ3v) is 2.12. The highest BCUT2D eigenvalue weighted by Crippen LogP contribution is 2.13. The predicted octanol–water partition coefficient (Wildman–Crippen LogP) is 2.80. The van der Waals surface area contributed by atoms with Crippen molar-refractivity contribution in [1.29, 1.82) is 0 Å². The lowest BCUT2D eigenvalue weighted by Gasteiger charge is -2.22. The molecule has 0 atom stereocenters. The highest BCUT2D eigenvalue weighted by molar-refractivity contribution is 5.66. The van der Waals surface area contributed by atoms with Gasteiger partial charge in [0.25, 0.3) is 0 Å². The van der Waals surface area contributed by atoms with Crippen LogP contribution in [-0.4, -0.2) is 21.9 Å². The lowest BCUT2D eigenvalue weighted by Crippen LogP contribution is -2.31. The first kappa shape index (κ1) is 14.4. The molecule has 0 aromatic heterocycles. The summed E-state index contributed by atoms with van der Waals surface area (Å²) in [5.74, 6) is 0. The fourth-order valence-corrected chi connectivity index (χ4v) is 1.29. The van der Waals surface area contributed by atoms with Crippen LogP contribution in [0.15, 0.2) is 24.3 Å². The summed E-state index contributed by atoms with van der Waals surface area (Å²) in [7, 11) is 0. The fourth-order valence-electron chi connectivity index (χ4n) is 1.29. The van der Waals surface area contributed by atoms with Crippen molar-refractivity contribution in [3.8, 4) is 0 Å². The molecular formula is C13H18FNO3. The SMILES string of the molecule is CC(C)(C)OC(=O)N(F)Cc1ccc(CO)cc1. The van der Waals surface area contributed by atoms with Crippen molar-refractivity contribution in [2.24, 2.45) is 0 Å². The number of rotatable bonds is 3. The number of carbonyl (C=O) groups excluding carboxylic acids is 1. The molecule has 0 heterocycles. The normalized spacial score (nSPS) is 11.2. The quantitative estimate of drug-likeness (QED) is 0.845. The molecule has 0 aliphatic rings. The minimum atomic E-state index is -1.01. The third-order valence-electron chi connectivity index (χ3n) is 2.12. The standard InChI is InChI=1S/C13H18FNO3/c1-13(2,3)18-12(17)15(14)8-10-4-6-11(9-16)7-5-10/h4-7,16H,8-9H2,1-3H3. The summed E-state index contributed by atoms with van der Waals surface area (Å²) in [6.07, 6.45) is -1.01. The van der Waals surface area contributed by atoms with E-state index in [-0.39, 0.29) is 18.3 Å². The van der Waals surface area contributed by atoms with Gasteiger partial charge in [-0.3, -0.25) is 0 Å². The number of aliphatic hydroxyl groups excluding tert-OH is 1. The molecule has 0 bridgehead atoms. The van der Waals surface area contributed by atoms with Gasteiger partial charge in [0.2, 0.25) is 0 Å². The smallest absolute Gasteiger partial charge is 0.438 e. The lowest BCUT2D eigenvalue weighted by atomic mass is 10.1. The van der Waals surface area contributed by atoms with Crippen molar-refractivity contribution < 1.29 is 19.1 Å². The van der Waals surface area contributed by atoms with Gasteiger partial charge in [-0.2, -0.15) is 0 Å². The summed E-state index contributed by atoms with van der Waals surface area (Å²) in [6, 6.07) is 6.67. The average molecular weight is 255 g/mol. The minimum Gasteiger partial charge on any atom is -0.442 e. The van der Waals surface area contributed by atoms with Crippen LogP contribution in [0.5, 0.6) is 0 Å². The van der Waals surface area contributed by atoms with Gasteiger partial charge in [0.05, 0.1) is 13.2 Å². The van der Waals surface area contributed by atoms with Gasteiger partial charge in [-0.15, -0.1) is 5.12 Å². The summed E-state index contributed by atoms with van der Waals surface area (Å²) >= 11 is 0. The Morgan fingerprint density at radius 1 is 1.28 bits per heavy atom. The van der Waals surface area contributed by atoms with Gasteiger partial charge >= 0.3 is 6.09 Å². The molecule has 100 valence electrons.